The zero-order chi connectivity index (χ0) is 17.5. The summed E-state index contributed by atoms with van der Waals surface area (Å²) in [6.45, 7) is 2.56. The fourth-order valence-corrected chi connectivity index (χ4v) is 3.64. The second-order valence-corrected chi connectivity index (χ2v) is 6.69. The standard InChI is InChI=1S/C18H19N7O/c26-18-23-22-17-16(20-6-8-25(17)18)24-7-4-14(11-24)21-10-12-1-2-13-3-5-19-15(13)9-12/h1-3,5-6,8-9,14,19,21H,4,7,10-11H2,(H,23,26). The van der Waals surface area contributed by atoms with Gasteiger partial charge < -0.3 is 15.2 Å². The number of hydrogen-bond acceptors (Lipinski definition) is 5. The fraction of sp³-hybridized carbons (Fsp3) is 0.278. The molecule has 3 N–H and O–H groups in total. The molecule has 8 heteroatoms. The highest BCUT2D eigenvalue weighted by Crippen LogP contribution is 2.21. The summed E-state index contributed by atoms with van der Waals surface area (Å²) in [6, 6.07) is 8.95. The summed E-state index contributed by atoms with van der Waals surface area (Å²) < 4.78 is 1.49. The molecular weight excluding hydrogens is 330 g/mol. The van der Waals surface area contributed by atoms with Crippen LogP contribution in [0.2, 0.25) is 0 Å². The van der Waals surface area contributed by atoms with Crippen molar-refractivity contribution in [2.24, 2.45) is 0 Å². The first-order valence-corrected chi connectivity index (χ1v) is 8.74. The molecule has 4 aromatic rings. The van der Waals surface area contributed by atoms with Crippen LogP contribution < -0.4 is 15.9 Å². The van der Waals surface area contributed by atoms with Gasteiger partial charge in [-0.25, -0.2) is 19.3 Å². The van der Waals surface area contributed by atoms with Crippen molar-refractivity contribution in [3.63, 3.8) is 0 Å². The summed E-state index contributed by atoms with van der Waals surface area (Å²) in [5.41, 5.74) is 2.77. The highest BCUT2D eigenvalue weighted by atomic mass is 16.1. The molecule has 0 saturated carbocycles. The number of anilines is 1. The van der Waals surface area contributed by atoms with Crippen molar-refractivity contribution < 1.29 is 0 Å². The van der Waals surface area contributed by atoms with Gasteiger partial charge in [0.15, 0.2) is 5.82 Å². The molecule has 0 radical (unpaired) electrons. The van der Waals surface area contributed by atoms with Crippen LogP contribution in [-0.2, 0) is 6.54 Å². The van der Waals surface area contributed by atoms with E-state index in [1.54, 1.807) is 12.4 Å². The van der Waals surface area contributed by atoms with Crippen LogP contribution in [0.4, 0.5) is 5.82 Å². The topological polar surface area (TPSA) is 94.1 Å². The number of aromatic nitrogens is 5. The predicted molar refractivity (Wildman–Crippen MR) is 99.4 cm³/mol. The van der Waals surface area contributed by atoms with E-state index in [1.807, 2.05) is 6.20 Å². The molecule has 1 aliphatic heterocycles. The van der Waals surface area contributed by atoms with Crippen molar-refractivity contribution in [3.05, 3.63) is 58.9 Å². The molecule has 1 saturated heterocycles. The highest BCUT2D eigenvalue weighted by molar-refractivity contribution is 5.79. The van der Waals surface area contributed by atoms with Crippen LogP contribution in [0.1, 0.15) is 12.0 Å². The lowest BCUT2D eigenvalue weighted by molar-refractivity contribution is 0.551. The molecule has 5 rings (SSSR count). The van der Waals surface area contributed by atoms with E-state index in [0.29, 0.717) is 11.7 Å². The quantitative estimate of drug-likeness (QED) is 0.516. The Morgan fingerprint density at radius 1 is 1.31 bits per heavy atom. The minimum absolute atomic E-state index is 0.239. The summed E-state index contributed by atoms with van der Waals surface area (Å²) in [5.74, 6) is 0.753. The third-order valence-corrected chi connectivity index (χ3v) is 5.02. The normalized spacial score (nSPS) is 17.5. The number of fused-ring (bicyclic) bond motifs is 2. The van der Waals surface area contributed by atoms with Crippen LogP contribution in [0.15, 0.2) is 47.7 Å². The van der Waals surface area contributed by atoms with E-state index in [1.165, 1.54) is 15.4 Å². The lowest BCUT2D eigenvalue weighted by atomic mass is 10.1. The van der Waals surface area contributed by atoms with Gasteiger partial charge in [-0.05, 0) is 29.5 Å². The number of nitrogens with one attached hydrogen (secondary N) is 3. The summed E-state index contributed by atoms with van der Waals surface area (Å²) in [7, 11) is 0. The molecule has 1 fully saturated rings. The zero-order valence-electron chi connectivity index (χ0n) is 14.1. The van der Waals surface area contributed by atoms with Gasteiger partial charge in [-0.15, -0.1) is 5.10 Å². The minimum Gasteiger partial charge on any atom is -0.361 e. The van der Waals surface area contributed by atoms with E-state index in [-0.39, 0.29) is 5.69 Å². The molecule has 0 bridgehead atoms. The van der Waals surface area contributed by atoms with E-state index in [4.69, 9.17) is 0 Å². The third-order valence-electron chi connectivity index (χ3n) is 5.02. The smallest absolute Gasteiger partial charge is 0.347 e. The molecule has 8 nitrogen and oxygen atoms in total. The molecule has 0 spiro atoms. The minimum atomic E-state index is -0.239. The van der Waals surface area contributed by atoms with Gasteiger partial charge in [0.25, 0.3) is 0 Å². The maximum Gasteiger partial charge on any atom is 0.347 e. The molecule has 3 aromatic heterocycles. The molecule has 1 aliphatic rings. The Hall–Kier alpha value is -3.13. The number of nitrogens with zero attached hydrogens (tertiary/aromatic N) is 4. The summed E-state index contributed by atoms with van der Waals surface area (Å²) in [5, 5.41) is 11.4. The van der Waals surface area contributed by atoms with Crippen LogP contribution in [-0.4, -0.2) is 43.7 Å². The van der Waals surface area contributed by atoms with Gasteiger partial charge in [0.2, 0.25) is 5.65 Å². The number of benzene rings is 1. The molecule has 26 heavy (non-hydrogen) atoms. The molecule has 4 heterocycles. The summed E-state index contributed by atoms with van der Waals surface area (Å²) >= 11 is 0. The van der Waals surface area contributed by atoms with Crippen molar-refractivity contribution in [1.29, 1.82) is 0 Å². The second kappa shape index (κ2) is 5.99. The molecule has 1 unspecified atom stereocenters. The van der Waals surface area contributed by atoms with E-state index >= 15 is 0 Å². The molecule has 0 amide bonds. The van der Waals surface area contributed by atoms with Crippen molar-refractivity contribution in [1.82, 2.24) is 29.9 Å². The maximum atomic E-state index is 11.7. The maximum absolute atomic E-state index is 11.7. The Bertz CT molecular complexity index is 1130. The van der Waals surface area contributed by atoms with Gasteiger partial charge in [0.05, 0.1) is 0 Å². The lowest BCUT2D eigenvalue weighted by Crippen LogP contribution is -2.32. The Balaban J connectivity index is 1.28. The molecule has 132 valence electrons. The second-order valence-electron chi connectivity index (χ2n) is 6.69. The Labute approximate surface area is 148 Å². The van der Waals surface area contributed by atoms with E-state index in [2.05, 4.69) is 54.6 Å². The van der Waals surface area contributed by atoms with Crippen molar-refractivity contribution >= 4 is 22.4 Å². The fourth-order valence-electron chi connectivity index (χ4n) is 3.64. The Kier molecular flexibility index (Phi) is 3.49. The van der Waals surface area contributed by atoms with Crippen LogP contribution in [0.3, 0.4) is 0 Å². The van der Waals surface area contributed by atoms with E-state index in [9.17, 15) is 4.79 Å². The molecule has 0 aliphatic carbocycles. The van der Waals surface area contributed by atoms with E-state index < -0.39 is 0 Å². The average molecular weight is 349 g/mol. The first kappa shape index (κ1) is 15.2. The SMILES string of the molecule is O=c1[nH]nc2c(N3CCC(NCc4ccc5cc[nH]c5c4)C3)nccn12. The largest absolute Gasteiger partial charge is 0.361 e. The number of H-pyrrole nitrogens is 2. The Morgan fingerprint density at radius 2 is 2.27 bits per heavy atom. The predicted octanol–water partition coefficient (Wildman–Crippen LogP) is 1.27. The summed E-state index contributed by atoms with van der Waals surface area (Å²) in [4.78, 5) is 21.6. The van der Waals surface area contributed by atoms with E-state index in [0.717, 1.165) is 37.4 Å². The van der Waals surface area contributed by atoms with Gasteiger partial charge in [-0.2, -0.15) is 0 Å². The number of rotatable bonds is 4. The van der Waals surface area contributed by atoms with Crippen LogP contribution >= 0.6 is 0 Å². The zero-order valence-corrected chi connectivity index (χ0v) is 14.1. The highest BCUT2D eigenvalue weighted by Gasteiger charge is 2.25. The van der Waals surface area contributed by atoms with Gasteiger partial charge >= 0.3 is 5.69 Å². The molecular formula is C18H19N7O. The van der Waals surface area contributed by atoms with Crippen LogP contribution in [0.25, 0.3) is 16.6 Å². The van der Waals surface area contributed by atoms with Gasteiger partial charge in [0.1, 0.15) is 0 Å². The Morgan fingerprint density at radius 3 is 3.23 bits per heavy atom. The number of hydrogen-bond donors (Lipinski definition) is 3. The first-order valence-electron chi connectivity index (χ1n) is 8.74. The van der Waals surface area contributed by atoms with Gasteiger partial charge in [-0.1, -0.05) is 12.1 Å². The van der Waals surface area contributed by atoms with Crippen molar-refractivity contribution in [3.8, 4) is 0 Å². The third kappa shape index (κ3) is 2.55. The van der Waals surface area contributed by atoms with Gasteiger partial charge in [-0.3, -0.25) is 0 Å². The molecule has 1 aromatic carbocycles. The van der Waals surface area contributed by atoms with Gasteiger partial charge in [0, 0.05) is 49.8 Å². The number of aromatic amines is 2. The lowest BCUT2D eigenvalue weighted by Gasteiger charge is -2.18. The van der Waals surface area contributed by atoms with Crippen molar-refractivity contribution in [2.45, 2.75) is 19.0 Å². The van der Waals surface area contributed by atoms with Crippen LogP contribution in [0.5, 0.6) is 0 Å². The summed E-state index contributed by atoms with van der Waals surface area (Å²) in [6.07, 6.45) is 6.27. The first-order chi connectivity index (χ1) is 12.8. The average Bonchev–Trinajstić information content (AvgIpc) is 3.39. The van der Waals surface area contributed by atoms with Crippen molar-refractivity contribution in [2.75, 3.05) is 18.0 Å². The molecule has 1 atom stereocenters. The monoisotopic (exact) mass is 349 g/mol. The van der Waals surface area contributed by atoms with Crippen LogP contribution in [0, 0.1) is 0 Å².